The van der Waals surface area contributed by atoms with Gasteiger partial charge in [-0.05, 0) is 30.9 Å². The monoisotopic (exact) mass is 332 g/mol. The van der Waals surface area contributed by atoms with E-state index in [0.29, 0.717) is 19.4 Å². The van der Waals surface area contributed by atoms with E-state index in [1.54, 1.807) is 0 Å². The van der Waals surface area contributed by atoms with Crippen LogP contribution in [-0.4, -0.2) is 28.5 Å². The van der Waals surface area contributed by atoms with E-state index in [1.165, 1.54) is 12.1 Å². The van der Waals surface area contributed by atoms with E-state index in [1.807, 2.05) is 6.92 Å². The van der Waals surface area contributed by atoms with E-state index >= 15 is 0 Å². The molecule has 0 fully saturated rings. The first-order valence-corrected chi connectivity index (χ1v) is 7.51. The van der Waals surface area contributed by atoms with Crippen molar-refractivity contribution in [1.29, 1.82) is 0 Å². The van der Waals surface area contributed by atoms with E-state index in [2.05, 4.69) is 10.3 Å². The highest BCUT2D eigenvalue weighted by molar-refractivity contribution is 6.34. The molecule has 0 aromatic carbocycles. The standard InChI is InChI=1S/C14H18Cl2N2O3/c1-2-9(3-6-12(19)20)7-8-17-14(21)13-10(15)4-5-11(16)18-13/h4-5,9H,2-3,6-8H2,1H3,(H,17,21)(H,19,20). The predicted molar refractivity (Wildman–Crippen MR) is 81.9 cm³/mol. The number of rotatable bonds is 8. The molecular formula is C14H18Cl2N2O3. The first-order valence-electron chi connectivity index (χ1n) is 6.76. The summed E-state index contributed by atoms with van der Waals surface area (Å²) in [6.45, 7) is 2.45. The highest BCUT2D eigenvalue weighted by atomic mass is 35.5. The van der Waals surface area contributed by atoms with Gasteiger partial charge < -0.3 is 10.4 Å². The zero-order chi connectivity index (χ0) is 15.8. The van der Waals surface area contributed by atoms with Gasteiger partial charge in [0.05, 0.1) is 5.02 Å². The van der Waals surface area contributed by atoms with Crippen LogP contribution < -0.4 is 5.32 Å². The Balaban J connectivity index is 2.45. The maximum absolute atomic E-state index is 11.9. The number of aromatic nitrogens is 1. The third kappa shape index (κ3) is 6.31. The van der Waals surface area contributed by atoms with Crippen LogP contribution in [0.2, 0.25) is 10.2 Å². The molecule has 2 N–H and O–H groups in total. The molecule has 0 aliphatic rings. The number of halogens is 2. The number of carbonyl (C=O) groups is 2. The second-order valence-corrected chi connectivity index (χ2v) is 5.51. The smallest absolute Gasteiger partial charge is 0.303 e. The Morgan fingerprint density at radius 1 is 1.33 bits per heavy atom. The number of pyridine rings is 1. The number of aliphatic carboxylic acids is 1. The molecule has 0 saturated heterocycles. The Labute approximate surface area is 133 Å². The molecule has 0 spiro atoms. The Morgan fingerprint density at radius 2 is 2.05 bits per heavy atom. The van der Waals surface area contributed by atoms with Crippen molar-refractivity contribution in [2.45, 2.75) is 32.6 Å². The Hall–Kier alpha value is -1.33. The number of carboxylic acid groups (broad SMARTS) is 1. The first-order chi connectivity index (χ1) is 9.93. The predicted octanol–water partition coefficient (Wildman–Crippen LogP) is 3.40. The Kier molecular flexibility index (Phi) is 7.47. The van der Waals surface area contributed by atoms with Gasteiger partial charge >= 0.3 is 5.97 Å². The molecule has 7 heteroatoms. The second kappa shape index (κ2) is 8.85. The molecule has 1 rings (SSSR count). The third-order valence-corrected chi connectivity index (χ3v) is 3.72. The third-order valence-electron chi connectivity index (χ3n) is 3.21. The van der Waals surface area contributed by atoms with Crippen LogP contribution in [0.25, 0.3) is 0 Å². The number of nitrogens with one attached hydrogen (secondary N) is 1. The number of hydrogen-bond acceptors (Lipinski definition) is 3. The van der Waals surface area contributed by atoms with Crippen molar-refractivity contribution in [2.75, 3.05) is 6.54 Å². The molecule has 1 unspecified atom stereocenters. The lowest BCUT2D eigenvalue weighted by Crippen LogP contribution is -2.27. The van der Waals surface area contributed by atoms with Crippen molar-refractivity contribution in [3.63, 3.8) is 0 Å². The highest BCUT2D eigenvalue weighted by Crippen LogP contribution is 2.17. The lowest BCUT2D eigenvalue weighted by atomic mass is 9.96. The van der Waals surface area contributed by atoms with Crippen molar-refractivity contribution in [3.05, 3.63) is 28.0 Å². The van der Waals surface area contributed by atoms with Crippen LogP contribution >= 0.6 is 23.2 Å². The quantitative estimate of drug-likeness (QED) is 0.715. The molecule has 1 atom stereocenters. The number of amides is 1. The summed E-state index contributed by atoms with van der Waals surface area (Å²) >= 11 is 11.6. The maximum atomic E-state index is 11.9. The highest BCUT2D eigenvalue weighted by Gasteiger charge is 2.14. The van der Waals surface area contributed by atoms with Gasteiger partial charge in [0.1, 0.15) is 10.8 Å². The van der Waals surface area contributed by atoms with Crippen LogP contribution in [-0.2, 0) is 4.79 Å². The number of nitrogens with zero attached hydrogens (tertiary/aromatic N) is 1. The summed E-state index contributed by atoms with van der Waals surface area (Å²) in [6, 6.07) is 3.03. The molecule has 5 nitrogen and oxygen atoms in total. The van der Waals surface area contributed by atoms with Gasteiger partial charge in [-0.15, -0.1) is 0 Å². The van der Waals surface area contributed by atoms with Crippen LogP contribution in [0.3, 0.4) is 0 Å². The van der Waals surface area contributed by atoms with Crippen LogP contribution in [0.4, 0.5) is 0 Å². The summed E-state index contributed by atoms with van der Waals surface area (Å²) < 4.78 is 0. The zero-order valence-electron chi connectivity index (χ0n) is 11.7. The summed E-state index contributed by atoms with van der Waals surface area (Å²) in [5.41, 5.74) is 0.0998. The minimum absolute atomic E-state index is 0.0998. The normalized spacial score (nSPS) is 12.0. The number of hydrogen-bond donors (Lipinski definition) is 2. The average Bonchev–Trinajstić information content (AvgIpc) is 2.44. The van der Waals surface area contributed by atoms with Crippen molar-refractivity contribution in [3.8, 4) is 0 Å². The van der Waals surface area contributed by atoms with E-state index < -0.39 is 5.97 Å². The number of carbonyl (C=O) groups excluding carboxylic acids is 1. The van der Waals surface area contributed by atoms with E-state index in [4.69, 9.17) is 28.3 Å². The van der Waals surface area contributed by atoms with Gasteiger partial charge in [-0.25, -0.2) is 4.98 Å². The molecule has 0 aliphatic carbocycles. The largest absolute Gasteiger partial charge is 0.481 e. The molecular weight excluding hydrogens is 315 g/mol. The fourth-order valence-electron chi connectivity index (χ4n) is 1.93. The molecule has 1 aromatic heterocycles. The van der Waals surface area contributed by atoms with Crippen molar-refractivity contribution in [1.82, 2.24) is 10.3 Å². The molecule has 0 bridgehead atoms. The number of carboxylic acids is 1. The van der Waals surface area contributed by atoms with Crippen molar-refractivity contribution in [2.24, 2.45) is 5.92 Å². The lowest BCUT2D eigenvalue weighted by molar-refractivity contribution is -0.137. The Bertz CT molecular complexity index is 509. The van der Waals surface area contributed by atoms with Gasteiger partial charge in [-0.3, -0.25) is 9.59 Å². The molecule has 0 aliphatic heterocycles. The average molecular weight is 333 g/mol. The Morgan fingerprint density at radius 3 is 2.67 bits per heavy atom. The summed E-state index contributed by atoms with van der Waals surface area (Å²) in [5.74, 6) is -0.910. The first kappa shape index (κ1) is 17.7. The van der Waals surface area contributed by atoms with E-state index in [9.17, 15) is 9.59 Å². The van der Waals surface area contributed by atoms with E-state index in [-0.39, 0.29) is 34.1 Å². The van der Waals surface area contributed by atoms with Gasteiger partial charge in [0, 0.05) is 13.0 Å². The van der Waals surface area contributed by atoms with E-state index in [0.717, 1.165) is 6.42 Å². The van der Waals surface area contributed by atoms with Crippen molar-refractivity contribution < 1.29 is 14.7 Å². The topological polar surface area (TPSA) is 79.3 Å². The minimum Gasteiger partial charge on any atom is -0.481 e. The van der Waals surface area contributed by atoms with Crippen LogP contribution in [0, 0.1) is 5.92 Å². The molecule has 1 amide bonds. The van der Waals surface area contributed by atoms with Crippen LogP contribution in [0.1, 0.15) is 43.1 Å². The van der Waals surface area contributed by atoms with Crippen molar-refractivity contribution >= 4 is 35.1 Å². The fourth-order valence-corrected chi connectivity index (χ4v) is 2.27. The lowest BCUT2D eigenvalue weighted by Gasteiger charge is -2.14. The molecule has 0 radical (unpaired) electrons. The van der Waals surface area contributed by atoms with Gasteiger partial charge in [-0.1, -0.05) is 36.5 Å². The zero-order valence-corrected chi connectivity index (χ0v) is 13.2. The van der Waals surface area contributed by atoms with Crippen LogP contribution in [0.15, 0.2) is 12.1 Å². The summed E-state index contributed by atoms with van der Waals surface area (Å²) in [6.07, 6.45) is 2.35. The van der Waals surface area contributed by atoms with Crippen LogP contribution in [0.5, 0.6) is 0 Å². The van der Waals surface area contributed by atoms with Gasteiger partial charge in [-0.2, -0.15) is 0 Å². The molecule has 1 heterocycles. The summed E-state index contributed by atoms with van der Waals surface area (Å²) in [7, 11) is 0. The SMILES string of the molecule is CCC(CCNC(=O)c1nc(Cl)ccc1Cl)CCC(=O)O. The maximum Gasteiger partial charge on any atom is 0.303 e. The fraction of sp³-hybridized carbons (Fsp3) is 0.500. The van der Waals surface area contributed by atoms with Gasteiger partial charge in [0.15, 0.2) is 0 Å². The molecule has 116 valence electrons. The van der Waals surface area contributed by atoms with Gasteiger partial charge in [0.2, 0.25) is 0 Å². The summed E-state index contributed by atoms with van der Waals surface area (Å²) in [4.78, 5) is 26.4. The van der Waals surface area contributed by atoms with Gasteiger partial charge in [0.25, 0.3) is 5.91 Å². The minimum atomic E-state index is -0.799. The molecule has 21 heavy (non-hydrogen) atoms. The molecule has 1 aromatic rings. The molecule has 0 saturated carbocycles. The summed E-state index contributed by atoms with van der Waals surface area (Å²) in [5, 5.41) is 11.9. The second-order valence-electron chi connectivity index (χ2n) is 4.72.